The second-order valence-corrected chi connectivity index (χ2v) is 6.14. The summed E-state index contributed by atoms with van der Waals surface area (Å²) in [5.74, 6) is 1.23. The minimum absolute atomic E-state index is 0.00927. The van der Waals surface area contributed by atoms with E-state index in [4.69, 9.17) is 9.47 Å². The predicted octanol–water partition coefficient (Wildman–Crippen LogP) is 1.59. The van der Waals surface area contributed by atoms with Gasteiger partial charge in [0.15, 0.2) is 0 Å². The molecule has 1 fully saturated rings. The maximum atomic E-state index is 12.1. The van der Waals surface area contributed by atoms with Crippen molar-refractivity contribution in [1.82, 2.24) is 5.32 Å². The average molecular weight is 305 g/mol. The summed E-state index contributed by atoms with van der Waals surface area (Å²) in [6.45, 7) is 1.15. The number of aliphatic hydroxyl groups excluding tert-OH is 1. The van der Waals surface area contributed by atoms with Crippen molar-refractivity contribution in [3.05, 3.63) is 29.3 Å². The number of aliphatic hydroxyl groups is 1. The van der Waals surface area contributed by atoms with E-state index < -0.39 is 0 Å². The zero-order chi connectivity index (χ0) is 15.5. The number of benzene rings is 1. The third-order valence-electron chi connectivity index (χ3n) is 4.54. The van der Waals surface area contributed by atoms with E-state index in [2.05, 4.69) is 11.4 Å². The molecule has 1 aliphatic heterocycles. The Morgan fingerprint density at radius 3 is 3.05 bits per heavy atom. The van der Waals surface area contributed by atoms with Gasteiger partial charge in [-0.05, 0) is 42.0 Å². The van der Waals surface area contributed by atoms with Crippen LogP contribution in [0.5, 0.6) is 5.75 Å². The Labute approximate surface area is 130 Å². The lowest BCUT2D eigenvalue weighted by Crippen LogP contribution is -2.41. The van der Waals surface area contributed by atoms with Gasteiger partial charge in [0, 0.05) is 20.0 Å². The Morgan fingerprint density at radius 1 is 1.50 bits per heavy atom. The van der Waals surface area contributed by atoms with E-state index >= 15 is 0 Å². The lowest BCUT2D eigenvalue weighted by molar-refractivity contribution is -0.123. The molecule has 1 aliphatic carbocycles. The second kappa shape index (κ2) is 6.67. The van der Waals surface area contributed by atoms with Crippen molar-refractivity contribution in [2.24, 2.45) is 5.92 Å². The molecule has 2 aliphatic rings. The molecule has 3 rings (SSSR count). The van der Waals surface area contributed by atoms with E-state index in [1.807, 2.05) is 12.1 Å². The Kier molecular flexibility index (Phi) is 4.64. The summed E-state index contributed by atoms with van der Waals surface area (Å²) in [5, 5.41) is 12.7. The highest BCUT2D eigenvalue weighted by Gasteiger charge is 2.36. The smallest absolute Gasteiger partial charge is 0.222 e. The molecular formula is C17H23NO4. The van der Waals surface area contributed by atoms with E-state index in [0.29, 0.717) is 18.9 Å². The Bertz CT molecular complexity index is 539. The van der Waals surface area contributed by atoms with E-state index in [1.54, 1.807) is 7.11 Å². The summed E-state index contributed by atoms with van der Waals surface area (Å²) >= 11 is 0. The number of carbonyl (C=O) groups excluding carboxylic acids is 1. The van der Waals surface area contributed by atoms with Gasteiger partial charge in [0.1, 0.15) is 5.75 Å². The minimum atomic E-state index is -0.235. The zero-order valence-corrected chi connectivity index (χ0v) is 12.9. The van der Waals surface area contributed by atoms with Gasteiger partial charge in [0.25, 0.3) is 0 Å². The standard InChI is InChI=1S/C17H23NO4/c1-21-6-5-16(20)18-17(13-9-14(19)10-13)12-2-3-15-11(8-12)4-7-22-15/h2-3,8,13-14,17,19H,4-7,9-10H2,1H3,(H,18,20). The van der Waals surface area contributed by atoms with E-state index in [-0.39, 0.29) is 18.1 Å². The molecule has 5 heteroatoms. The first-order valence-corrected chi connectivity index (χ1v) is 7.89. The van der Waals surface area contributed by atoms with Crippen molar-refractivity contribution < 1.29 is 19.4 Å². The molecule has 1 aromatic carbocycles. The number of fused-ring (bicyclic) bond motifs is 1. The Balaban J connectivity index is 1.74. The number of hydrogen-bond acceptors (Lipinski definition) is 4. The fourth-order valence-corrected chi connectivity index (χ4v) is 3.22. The van der Waals surface area contributed by atoms with Crippen molar-refractivity contribution in [2.75, 3.05) is 20.3 Å². The van der Waals surface area contributed by atoms with Crippen LogP contribution in [-0.2, 0) is 16.0 Å². The van der Waals surface area contributed by atoms with Gasteiger partial charge in [-0.1, -0.05) is 6.07 Å². The Hall–Kier alpha value is -1.59. The second-order valence-electron chi connectivity index (χ2n) is 6.14. The maximum absolute atomic E-state index is 12.1. The van der Waals surface area contributed by atoms with Crippen molar-refractivity contribution in [3.63, 3.8) is 0 Å². The van der Waals surface area contributed by atoms with Gasteiger partial charge in [0.05, 0.1) is 25.4 Å². The number of amides is 1. The molecule has 0 saturated heterocycles. The molecule has 1 aromatic rings. The van der Waals surface area contributed by atoms with Crippen LogP contribution in [0.4, 0.5) is 0 Å². The van der Waals surface area contributed by atoms with Gasteiger partial charge in [0.2, 0.25) is 5.91 Å². The minimum Gasteiger partial charge on any atom is -0.493 e. The van der Waals surface area contributed by atoms with Gasteiger partial charge in [-0.3, -0.25) is 4.79 Å². The van der Waals surface area contributed by atoms with Crippen LogP contribution < -0.4 is 10.1 Å². The number of methoxy groups -OCH3 is 1. The first kappa shape index (κ1) is 15.3. The van der Waals surface area contributed by atoms with Gasteiger partial charge in [-0.25, -0.2) is 0 Å². The first-order valence-electron chi connectivity index (χ1n) is 7.89. The lowest BCUT2D eigenvalue weighted by atomic mass is 9.75. The normalized spacial score (nSPS) is 24.1. The number of carbonyl (C=O) groups is 1. The van der Waals surface area contributed by atoms with Gasteiger partial charge >= 0.3 is 0 Å². The number of nitrogens with one attached hydrogen (secondary N) is 1. The Morgan fingerprint density at radius 2 is 2.32 bits per heavy atom. The number of rotatable bonds is 6. The average Bonchev–Trinajstić information content (AvgIpc) is 2.95. The van der Waals surface area contributed by atoms with Crippen molar-refractivity contribution in [2.45, 2.75) is 37.8 Å². The summed E-state index contributed by atoms with van der Waals surface area (Å²) in [6.07, 6.45) is 2.52. The van der Waals surface area contributed by atoms with Crippen LogP contribution in [0.2, 0.25) is 0 Å². The van der Waals surface area contributed by atoms with E-state index in [1.165, 1.54) is 5.56 Å². The summed E-state index contributed by atoms with van der Waals surface area (Å²) in [5.41, 5.74) is 2.31. The highest BCUT2D eigenvalue weighted by Crippen LogP contribution is 2.39. The summed E-state index contributed by atoms with van der Waals surface area (Å²) in [6, 6.07) is 6.10. The van der Waals surface area contributed by atoms with Crippen LogP contribution in [0.3, 0.4) is 0 Å². The molecule has 1 atom stereocenters. The molecule has 5 nitrogen and oxygen atoms in total. The van der Waals surface area contributed by atoms with E-state index in [9.17, 15) is 9.90 Å². The third-order valence-corrected chi connectivity index (χ3v) is 4.54. The number of hydrogen-bond donors (Lipinski definition) is 2. The lowest BCUT2D eigenvalue weighted by Gasteiger charge is -2.38. The fourth-order valence-electron chi connectivity index (χ4n) is 3.22. The molecule has 1 unspecified atom stereocenters. The quantitative estimate of drug-likeness (QED) is 0.837. The molecule has 0 aromatic heterocycles. The molecule has 0 spiro atoms. The van der Waals surface area contributed by atoms with Crippen LogP contribution >= 0.6 is 0 Å². The van der Waals surface area contributed by atoms with Gasteiger partial charge in [-0.15, -0.1) is 0 Å². The summed E-state index contributed by atoms with van der Waals surface area (Å²) in [4.78, 5) is 12.1. The molecule has 0 radical (unpaired) electrons. The largest absolute Gasteiger partial charge is 0.493 e. The molecule has 1 amide bonds. The van der Waals surface area contributed by atoms with E-state index in [0.717, 1.165) is 37.2 Å². The predicted molar refractivity (Wildman–Crippen MR) is 81.7 cm³/mol. The molecule has 0 bridgehead atoms. The molecule has 1 saturated carbocycles. The topological polar surface area (TPSA) is 67.8 Å². The summed E-state index contributed by atoms with van der Waals surface area (Å²) in [7, 11) is 1.59. The van der Waals surface area contributed by atoms with Crippen LogP contribution in [0.15, 0.2) is 18.2 Å². The van der Waals surface area contributed by atoms with Crippen molar-refractivity contribution in [1.29, 1.82) is 0 Å². The van der Waals surface area contributed by atoms with Crippen molar-refractivity contribution >= 4 is 5.91 Å². The monoisotopic (exact) mass is 305 g/mol. The summed E-state index contributed by atoms with van der Waals surface area (Å²) < 4.78 is 10.5. The molecule has 120 valence electrons. The first-order chi connectivity index (χ1) is 10.7. The SMILES string of the molecule is COCCC(=O)NC(c1ccc2c(c1)CCO2)C1CC(O)C1. The molecule has 1 heterocycles. The molecule has 22 heavy (non-hydrogen) atoms. The van der Waals surface area contributed by atoms with Crippen LogP contribution in [0, 0.1) is 5.92 Å². The number of ether oxygens (including phenoxy) is 2. The molecular weight excluding hydrogens is 282 g/mol. The third kappa shape index (κ3) is 3.25. The molecule has 2 N–H and O–H groups in total. The zero-order valence-electron chi connectivity index (χ0n) is 12.9. The van der Waals surface area contributed by atoms with Gasteiger partial charge in [-0.2, -0.15) is 0 Å². The van der Waals surface area contributed by atoms with Crippen LogP contribution in [-0.4, -0.2) is 37.4 Å². The highest BCUT2D eigenvalue weighted by molar-refractivity contribution is 5.76. The highest BCUT2D eigenvalue weighted by atomic mass is 16.5. The van der Waals surface area contributed by atoms with Gasteiger partial charge < -0.3 is 19.9 Å². The maximum Gasteiger partial charge on any atom is 0.222 e. The van der Waals surface area contributed by atoms with Crippen molar-refractivity contribution in [3.8, 4) is 5.75 Å². The van der Waals surface area contributed by atoms with Crippen LogP contribution in [0.25, 0.3) is 0 Å². The fraction of sp³-hybridized carbons (Fsp3) is 0.588. The van der Waals surface area contributed by atoms with Crippen LogP contribution in [0.1, 0.15) is 36.4 Å².